The van der Waals surface area contributed by atoms with Gasteiger partial charge in [0.05, 0.1) is 4.86 Å². The van der Waals surface area contributed by atoms with Crippen molar-refractivity contribution in [3.05, 3.63) is 57.2 Å². The van der Waals surface area contributed by atoms with Gasteiger partial charge in [-0.25, -0.2) is 0 Å². The molecule has 0 saturated heterocycles. The summed E-state index contributed by atoms with van der Waals surface area (Å²) in [5.74, 6) is 0. The quantitative estimate of drug-likeness (QED) is 0.559. The molecule has 0 nitrogen and oxygen atoms in total. The molecule has 0 aliphatic rings. The third-order valence-electron chi connectivity index (χ3n) is 1.85. The van der Waals surface area contributed by atoms with Crippen LogP contribution in [0.3, 0.4) is 0 Å². The van der Waals surface area contributed by atoms with Crippen LogP contribution in [0.2, 0.25) is 5.02 Å². The maximum atomic E-state index is 5.80. The zero-order valence-electron chi connectivity index (χ0n) is 7.24. The Morgan fingerprint density at radius 1 is 1.14 bits per heavy atom. The van der Waals surface area contributed by atoms with E-state index in [1.54, 1.807) is 11.3 Å². The second kappa shape index (κ2) is 4.22. The molecule has 0 N–H and O–H groups in total. The summed E-state index contributed by atoms with van der Waals surface area (Å²) < 4.78 is 0. The predicted molar refractivity (Wildman–Crippen MR) is 66.6 cm³/mol. The molecule has 0 amide bonds. The topological polar surface area (TPSA) is 0 Å². The summed E-state index contributed by atoms with van der Waals surface area (Å²) in [5.41, 5.74) is 1.05. The van der Waals surface area contributed by atoms with E-state index in [1.165, 1.54) is 0 Å². The molecule has 14 heavy (non-hydrogen) atoms. The lowest BCUT2D eigenvalue weighted by atomic mass is 10.1. The Morgan fingerprint density at radius 2 is 1.86 bits per heavy atom. The van der Waals surface area contributed by atoms with Gasteiger partial charge in [0.1, 0.15) is 0 Å². The van der Waals surface area contributed by atoms with E-state index >= 15 is 0 Å². The molecular weight excluding hydrogens is 232 g/mol. The molecule has 2 rings (SSSR count). The Bertz CT molecular complexity index is 429. The Morgan fingerprint density at radius 3 is 2.43 bits per heavy atom. The number of rotatable bonds is 2. The molecule has 1 aromatic heterocycles. The van der Waals surface area contributed by atoms with Crippen LogP contribution in [0.4, 0.5) is 0 Å². The van der Waals surface area contributed by atoms with Gasteiger partial charge in [0, 0.05) is 9.90 Å². The van der Waals surface area contributed by atoms with E-state index in [2.05, 4.69) is 0 Å². The number of thiocarbonyl (C=S) groups is 1. The smallest absolute Gasteiger partial charge is 0.0621 e. The fourth-order valence-electron chi connectivity index (χ4n) is 1.15. The van der Waals surface area contributed by atoms with Gasteiger partial charge in [-0.3, -0.25) is 0 Å². The van der Waals surface area contributed by atoms with E-state index in [1.807, 2.05) is 41.8 Å². The number of hydrogen-bond donors (Lipinski definition) is 0. The van der Waals surface area contributed by atoms with E-state index in [0.717, 1.165) is 20.3 Å². The minimum Gasteiger partial charge on any atom is -0.143 e. The Kier molecular flexibility index (Phi) is 2.96. The monoisotopic (exact) mass is 238 g/mol. The number of thiophene rings is 1. The van der Waals surface area contributed by atoms with Crippen molar-refractivity contribution >= 4 is 40.0 Å². The molecule has 2 aromatic rings. The molecular formula is C11H7ClS2. The van der Waals surface area contributed by atoms with Crippen LogP contribution < -0.4 is 0 Å². The molecule has 0 atom stereocenters. The first-order valence-electron chi connectivity index (χ1n) is 4.11. The molecule has 1 aromatic carbocycles. The van der Waals surface area contributed by atoms with E-state index in [4.69, 9.17) is 23.8 Å². The zero-order valence-corrected chi connectivity index (χ0v) is 9.62. The minimum absolute atomic E-state index is 0.739. The van der Waals surface area contributed by atoms with Crippen LogP contribution in [0, 0.1) is 0 Å². The van der Waals surface area contributed by atoms with Gasteiger partial charge in [-0.05, 0) is 29.1 Å². The van der Waals surface area contributed by atoms with Gasteiger partial charge in [-0.1, -0.05) is 42.0 Å². The standard InChI is InChI=1S/C11H7ClS2/c12-9-5-3-8(4-6-9)11(13)10-2-1-7-14-10/h1-7H. The Hall–Kier alpha value is -0.700. The molecule has 70 valence electrons. The summed E-state index contributed by atoms with van der Waals surface area (Å²) in [7, 11) is 0. The molecule has 0 aliphatic heterocycles. The van der Waals surface area contributed by atoms with Gasteiger partial charge in [-0.2, -0.15) is 0 Å². The van der Waals surface area contributed by atoms with Gasteiger partial charge in [-0.15, -0.1) is 11.3 Å². The first-order valence-corrected chi connectivity index (χ1v) is 5.78. The van der Waals surface area contributed by atoms with Crippen LogP contribution in [0.25, 0.3) is 0 Å². The highest BCUT2D eigenvalue weighted by atomic mass is 35.5. The first kappa shape index (κ1) is 9.84. The average Bonchev–Trinajstić information content (AvgIpc) is 2.71. The SMILES string of the molecule is S=C(c1ccc(Cl)cc1)c1cccs1. The van der Waals surface area contributed by atoms with Crippen molar-refractivity contribution in [1.82, 2.24) is 0 Å². The minimum atomic E-state index is 0.739. The lowest BCUT2D eigenvalue weighted by Gasteiger charge is -2.00. The zero-order chi connectivity index (χ0) is 9.97. The van der Waals surface area contributed by atoms with Crippen molar-refractivity contribution in [3.8, 4) is 0 Å². The van der Waals surface area contributed by atoms with E-state index in [-0.39, 0.29) is 0 Å². The lowest BCUT2D eigenvalue weighted by Crippen LogP contribution is -1.95. The van der Waals surface area contributed by atoms with Crippen LogP contribution in [0.15, 0.2) is 41.8 Å². The molecule has 0 radical (unpaired) electrons. The van der Waals surface area contributed by atoms with Gasteiger partial charge < -0.3 is 0 Å². The molecule has 0 aliphatic carbocycles. The third-order valence-corrected chi connectivity index (χ3v) is 3.58. The van der Waals surface area contributed by atoms with Gasteiger partial charge in [0.25, 0.3) is 0 Å². The average molecular weight is 239 g/mol. The van der Waals surface area contributed by atoms with Crippen LogP contribution >= 0.6 is 35.2 Å². The van der Waals surface area contributed by atoms with Crippen molar-refractivity contribution in [3.63, 3.8) is 0 Å². The summed E-state index contributed by atoms with van der Waals surface area (Å²) in [6, 6.07) is 11.6. The first-order chi connectivity index (χ1) is 6.77. The number of halogens is 1. The Labute approximate surface area is 97.2 Å². The highest BCUT2D eigenvalue weighted by molar-refractivity contribution is 7.81. The van der Waals surface area contributed by atoms with Crippen molar-refractivity contribution in [2.75, 3.05) is 0 Å². The van der Waals surface area contributed by atoms with Gasteiger partial charge >= 0.3 is 0 Å². The molecule has 1 heterocycles. The van der Waals surface area contributed by atoms with Crippen LogP contribution in [-0.2, 0) is 0 Å². The normalized spacial score (nSPS) is 10.1. The fraction of sp³-hybridized carbons (Fsp3) is 0. The highest BCUT2D eigenvalue weighted by Gasteiger charge is 2.04. The van der Waals surface area contributed by atoms with Gasteiger partial charge in [0.15, 0.2) is 0 Å². The molecule has 0 bridgehead atoms. The van der Waals surface area contributed by atoms with Crippen molar-refractivity contribution in [1.29, 1.82) is 0 Å². The summed E-state index contributed by atoms with van der Waals surface area (Å²) in [4.78, 5) is 2.01. The van der Waals surface area contributed by atoms with Crippen molar-refractivity contribution in [2.24, 2.45) is 0 Å². The molecule has 0 saturated carbocycles. The molecule has 0 unspecified atom stereocenters. The Balaban J connectivity index is 2.33. The van der Waals surface area contributed by atoms with Crippen molar-refractivity contribution in [2.45, 2.75) is 0 Å². The van der Waals surface area contributed by atoms with Crippen LogP contribution in [0.5, 0.6) is 0 Å². The van der Waals surface area contributed by atoms with E-state index in [9.17, 15) is 0 Å². The predicted octanol–water partition coefficient (Wildman–Crippen LogP) is 4.17. The number of benzene rings is 1. The van der Waals surface area contributed by atoms with Crippen molar-refractivity contribution < 1.29 is 0 Å². The second-order valence-corrected chi connectivity index (χ2v) is 4.61. The maximum Gasteiger partial charge on any atom is 0.0621 e. The summed E-state index contributed by atoms with van der Waals surface area (Å²) >= 11 is 12.8. The van der Waals surface area contributed by atoms with Gasteiger partial charge in [0.2, 0.25) is 0 Å². The fourth-order valence-corrected chi connectivity index (χ4v) is 2.31. The maximum absolute atomic E-state index is 5.80. The molecule has 3 heteroatoms. The lowest BCUT2D eigenvalue weighted by molar-refractivity contribution is 1.66. The molecule has 0 spiro atoms. The van der Waals surface area contributed by atoms with E-state index < -0.39 is 0 Å². The van der Waals surface area contributed by atoms with E-state index in [0.29, 0.717) is 0 Å². The largest absolute Gasteiger partial charge is 0.143 e. The molecule has 0 fully saturated rings. The highest BCUT2D eigenvalue weighted by Crippen LogP contribution is 2.17. The van der Waals surface area contributed by atoms with Crippen LogP contribution in [-0.4, -0.2) is 4.86 Å². The summed E-state index contributed by atoms with van der Waals surface area (Å²) in [6.07, 6.45) is 0. The van der Waals surface area contributed by atoms with Crippen LogP contribution in [0.1, 0.15) is 10.4 Å². The third kappa shape index (κ3) is 2.03. The number of hydrogen-bond acceptors (Lipinski definition) is 2. The second-order valence-electron chi connectivity index (χ2n) is 2.81. The summed E-state index contributed by atoms with van der Waals surface area (Å²) in [5, 5.41) is 2.76. The summed E-state index contributed by atoms with van der Waals surface area (Å²) in [6.45, 7) is 0.